The van der Waals surface area contributed by atoms with Crippen LogP contribution in [0.3, 0.4) is 0 Å². The van der Waals surface area contributed by atoms with E-state index in [-0.39, 0.29) is 6.04 Å². The Morgan fingerprint density at radius 1 is 1.40 bits per heavy atom. The van der Waals surface area contributed by atoms with Crippen molar-refractivity contribution in [3.05, 3.63) is 0 Å². The van der Waals surface area contributed by atoms with Gasteiger partial charge in [0.15, 0.2) is 0 Å². The SMILES string of the molecule is O=C(NC1CC1)C(F)(F)F. The summed E-state index contributed by atoms with van der Waals surface area (Å²) in [5, 5.41) is 1.83. The van der Waals surface area contributed by atoms with Crippen LogP contribution in [0.4, 0.5) is 13.2 Å². The van der Waals surface area contributed by atoms with Gasteiger partial charge < -0.3 is 5.32 Å². The highest BCUT2D eigenvalue weighted by Crippen LogP contribution is 2.22. The van der Waals surface area contributed by atoms with Gasteiger partial charge in [0.1, 0.15) is 0 Å². The van der Waals surface area contributed by atoms with Crippen LogP contribution in [0.5, 0.6) is 0 Å². The van der Waals surface area contributed by atoms with Crippen molar-refractivity contribution in [2.75, 3.05) is 0 Å². The monoisotopic (exact) mass is 153 g/mol. The van der Waals surface area contributed by atoms with Crippen molar-refractivity contribution >= 4 is 5.91 Å². The molecule has 0 aromatic heterocycles. The van der Waals surface area contributed by atoms with Gasteiger partial charge in [0.2, 0.25) is 0 Å². The zero-order valence-electron chi connectivity index (χ0n) is 5.03. The predicted molar refractivity (Wildman–Crippen MR) is 27.2 cm³/mol. The van der Waals surface area contributed by atoms with Crippen molar-refractivity contribution in [1.82, 2.24) is 5.32 Å². The number of halogens is 3. The van der Waals surface area contributed by atoms with E-state index in [2.05, 4.69) is 0 Å². The molecule has 0 atom stereocenters. The molecule has 10 heavy (non-hydrogen) atoms. The van der Waals surface area contributed by atoms with Crippen LogP contribution < -0.4 is 5.32 Å². The first-order chi connectivity index (χ1) is 4.50. The van der Waals surface area contributed by atoms with E-state index in [4.69, 9.17) is 0 Å². The molecule has 1 aliphatic carbocycles. The lowest BCUT2D eigenvalue weighted by atomic mass is 10.5. The first-order valence-electron chi connectivity index (χ1n) is 2.88. The Balaban J connectivity index is 2.32. The number of carbonyl (C=O) groups excluding carboxylic acids is 1. The molecule has 1 aliphatic rings. The first-order valence-corrected chi connectivity index (χ1v) is 2.88. The summed E-state index contributed by atoms with van der Waals surface area (Å²) in [6.07, 6.45) is -3.38. The summed E-state index contributed by atoms with van der Waals surface area (Å²) >= 11 is 0. The van der Waals surface area contributed by atoms with Crippen molar-refractivity contribution in [2.24, 2.45) is 0 Å². The fraction of sp³-hybridized carbons (Fsp3) is 0.800. The number of nitrogens with one attached hydrogen (secondary N) is 1. The van der Waals surface area contributed by atoms with E-state index in [9.17, 15) is 18.0 Å². The summed E-state index contributed by atoms with van der Waals surface area (Å²) in [7, 11) is 0. The van der Waals surface area contributed by atoms with Crippen molar-refractivity contribution in [3.8, 4) is 0 Å². The van der Waals surface area contributed by atoms with Crippen molar-refractivity contribution in [1.29, 1.82) is 0 Å². The Labute approximate surface area is 55.4 Å². The third kappa shape index (κ3) is 1.89. The number of carbonyl (C=O) groups is 1. The van der Waals surface area contributed by atoms with Gasteiger partial charge in [-0.05, 0) is 12.8 Å². The Kier molecular flexibility index (Phi) is 1.58. The maximum Gasteiger partial charge on any atom is 0.471 e. The van der Waals surface area contributed by atoms with Gasteiger partial charge in [-0.25, -0.2) is 0 Å². The summed E-state index contributed by atoms with van der Waals surface area (Å²) in [4.78, 5) is 10.1. The first kappa shape index (κ1) is 7.37. The van der Waals surface area contributed by atoms with Gasteiger partial charge in [-0.3, -0.25) is 4.79 Å². The average molecular weight is 153 g/mol. The highest BCUT2D eigenvalue weighted by atomic mass is 19.4. The highest BCUT2D eigenvalue weighted by Gasteiger charge is 2.41. The van der Waals surface area contributed by atoms with Crippen LogP contribution in [-0.2, 0) is 4.79 Å². The van der Waals surface area contributed by atoms with E-state index in [1.807, 2.05) is 5.32 Å². The van der Waals surface area contributed by atoms with E-state index in [0.29, 0.717) is 12.8 Å². The molecular formula is C5H6F3NO. The van der Waals surface area contributed by atoms with Crippen LogP contribution in [0.1, 0.15) is 12.8 Å². The predicted octanol–water partition coefficient (Wildman–Crippen LogP) is 0.827. The second kappa shape index (κ2) is 2.14. The standard InChI is InChI=1S/C5H6F3NO/c6-5(7,8)4(10)9-3-1-2-3/h3H,1-2H2,(H,9,10). The molecule has 0 heterocycles. The second-order valence-electron chi connectivity index (χ2n) is 2.25. The molecule has 0 saturated heterocycles. The fourth-order valence-electron chi connectivity index (χ4n) is 0.495. The molecule has 1 saturated carbocycles. The van der Waals surface area contributed by atoms with Gasteiger partial charge >= 0.3 is 12.1 Å². The van der Waals surface area contributed by atoms with Crippen molar-refractivity contribution < 1.29 is 18.0 Å². The zero-order chi connectivity index (χ0) is 7.78. The topological polar surface area (TPSA) is 29.1 Å². The molecule has 0 bridgehead atoms. The van der Waals surface area contributed by atoms with E-state index < -0.39 is 12.1 Å². The lowest BCUT2D eigenvalue weighted by Crippen LogP contribution is -2.37. The molecule has 5 heteroatoms. The zero-order valence-corrected chi connectivity index (χ0v) is 5.03. The van der Waals surface area contributed by atoms with E-state index >= 15 is 0 Å². The minimum Gasteiger partial charge on any atom is -0.346 e. The van der Waals surface area contributed by atoms with E-state index in [0.717, 1.165) is 0 Å². The van der Waals surface area contributed by atoms with Crippen LogP contribution in [-0.4, -0.2) is 18.1 Å². The fourth-order valence-corrected chi connectivity index (χ4v) is 0.495. The van der Waals surface area contributed by atoms with Gasteiger partial charge in [0, 0.05) is 6.04 Å². The molecule has 1 rings (SSSR count). The van der Waals surface area contributed by atoms with Crippen LogP contribution in [0, 0.1) is 0 Å². The molecule has 0 aromatic rings. The molecule has 1 amide bonds. The van der Waals surface area contributed by atoms with Crippen LogP contribution >= 0.6 is 0 Å². The van der Waals surface area contributed by atoms with Gasteiger partial charge in [0.25, 0.3) is 0 Å². The van der Waals surface area contributed by atoms with Crippen LogP contribution in [0.25, 0.3) is 0 Å². The van der Waals surface area contributed by atoms with Crippen molar-refractivity contribution in [3.63, 3.8) is 0 Å². The van der Waals surface area contributed by atoms with Gasteiger partial charge in [-0.1, -0.05) is 0 Å². The lowest BCUT2D eigenvalue weighted by Gasteiger charge is -2.04. The number of alkyl halides is 3. The molecule has 0 aliphatic heterocycles. The molecule has 1 N–H and O–H groups in total. The lowest BCUT2D eigenvalue weighted by molar-refractivity contribution is -0.173. The molecule has 0 aromatic carbocycles. The van der Waals surface area contributed by atoms with Crippen molar-refractivity contribution in [2.45, 2.75) is 25.1 Å². The molecule has 1 fully saturated rings. The number of hydrogen-bond donors (Lipinski definition) is 1. The van der Waals surface area contributed by atoms with Gasteiger partial charge in [0.05, 0.1) is 0 Å². The van der Waals surface area contributed by atoms with Gasteiger partial charge in [-0.2, -0.15) is 13.2 Å². The minimum absolute atomic E-state index is 0.228. The Hall–Kier alpha value is -0.740. The summed E-state index contributed by atoms with van der Waals surface area (Å²) in [6, 6.07) is -0.228. The normalized spacial score (nSPS) is 18.7. The summed E-state index contributed by atoms with van der Waals surface area (Å²) in [5.41, 5.74) is 0. The smallest absolute Gasteiger partial charge is 0.346 e. The second-order valence-corrected chi connectivity index (χ2v) is 2.25. The van der Waals surface area contributed by atoms with Crippen LogP contribution in [0.2, 0.25) is 0 Å². The van der Waals surface area contributed by atoms with E-state index in [1.165, 1.54) is 0 Å². The number of amides is 1. The van der Waals surface area contributed by atoms with Gasteiger partial charge in [-0.15, -0.1) is 0 Å². The molecule has 0 radical (unpaired) electrons. The molecule has 0 unspecified atom stereocenters. The summed E-state index contributed by atoms with van der Waals surface area (Å²) in [5.74, 6) is -1.82. The minimum atomic E-state index is -4.72. The van der Waals surface area contributed by atoms with E-state index in [1.54, 1.807) is 0 Å². The quantitative estimate of drug-likeness (QED) is 0.593. The largest absolute Gasteiger partial charge is 0.471 e. The maximum absolute atomic E-state index is 11.4. The third-order valence-corrected chi connectivity index (χ3v) is 1.17. The molecular weight excluding hydrogens is 147 g/mol. The number of hydrogen-bond acceptors (Lipinski definition) is 1. The molecule has 2 nitrogen and oxygen atoms in total. The molecule has 58 valence electrons. The average Bonchev–Trinajstić information content (AvgIpc) is 2.47. The Morgan fingerprint density at radius 2 is 1.90 bits per heavy atom. The number of rotatable bonds is 1. The third-order valence-electron chi connectivity index (χ3n) is 1.17. The highest BCUT2D eigenvalue weighted by molar-refractivity contribution is 5.82. The summed E-state index contributed by atoms with van der Waals surface area (Å²) < 4.78 is 34.3. The van der Waals surface area contributed by atoms with Crippen LogP contribution in [0.15, 0.2) is 0 Å². The Morgan fingerprint density at radius 3 is 2.20 bits per heavy atom. The summed E-state index contributed by atoms with van der Waals surface area (Å²) in [6.45, 7) is 0. The molecule has 0 spiro atoms. The maximum atomic E-state index is 11.4. The Bertz CT molecular complexity index is 149.